The van der Waals surface area contributed by atoms with E-state index in [-0.39, 0.29) is 0 Å². The number of nitrogens with one attached hydrogen (secondary N) is 2. The molecule has 0 atom stereocenters. The zero-order valence-electron chi connectivity index (χ0n) is 13.2. The van der Waals surface area contributed by atoms with Gasteiger partial charge in [0.15, 0.2) is 0 Å². The fourth-order valence-corrected chi connectivity index (χ4v) is 2.68. The molecule has 2 N–H and O–H groups in total. The molecule has 3 aromatic rings. The third-order valence-corrected chi connectivity index (χ3v) is 4.54. The van der Waals surface area contributed by atoms with Crippen LogP contribution in [0.15, 0.2) is 48.8 Å². The van der Waals surface area contributed by atoms with E-state index in [1.165, 1.54) is 0 Å². The zero-order chi connectivity index (χ0) is 17.2. The fourth-order valence-electron chi connectivity index (χ4n) is 2.38. The summed E-state index contributed by atoms with van der Waals surface area (Å²) in [6.45, 7) is 0. The van der Waals surface area contributed by atoms with Crippen LogP contribution in [0.1, 0.15) is 12.8 Å². The summed E-state index contributed by atoms with van der Waals surface area (Å²) in [6.07, 6.45) is 5.80. The predicted octanol–water partition coefficient (Wildman–Crippen LogP) is 5.16. The molecule has 2 heterocycles. The smallest absolute Gasteiger partial charge is 0.225 e. The Morgan fingerprint density at radius 1 is 0.920 bits per heavy atom. The molecule has 0 bridgehead atoms. The molecular formula is C18H15Cl2N5. The van der Waals surface area contributed by atoms with Crippen molar-refractivity contribution >= 4 is 40.7 Å². The summed E-state index contributed by atoms with van der Waals surface area (Å²) in [4.78, 5) is 13.2. The van der Waals surface area contributed by atoms with E-state index in [9.17, 15) is 0 Å². The van der Waals surface area contributed by atoms with Crippen LogP contribution in [0.25, 0.3) is 11.3 Å². The summed E-state index contributed by atoms with van der Waals surface area (Å²) in [6, 6.07) is 11.6. The monoisotopic (exact) mass is 371 g/mol. The summed E-state index contributed by atoms with van der Waals surface area (Å²) >= 11 is 12.1. The minimum atomic E-state index is 0.463. The third kappa shape index (κ3) is 4.00. The average Bonchev–Trinajstić information content (AvgIpc) is 3.43. The second-order valence-electron chi connectivity index (χ2n) is 5.87. The predicted molar refractivity (Wildman–Crippen MR) is 102 cm³/mol. The second-order valence-corrected chi connectivity index (χ2v) is 6.68. The molecule has 0 aliphatic heterocycles. The number of hydrogen-bond acceptors (Lipinski definition) is 5. The molecule has 25 heavy (non-hydrogen) atoms. The standard InChI is InChI=1S/C18H15Cl2N5/c19-14-4-3-13(9-15(14)20)22-17-10-16(11-5-7-21-8-6-11)24-18(25-17)23-12-1-2-12/h3-10,12H,1-2H2,(H2,22,23,24,25). The van der Waals surface area contributed by atoms with Crippen LogP contribution in [0.2, 0.25) is 10.0 Å². The number of pyridine rings is 1. The Morgan fingerprint density at radius 3 is 2.44 bits per heavy atom. The van der Waals surface area contributed by atoms with E-state index in [1.54, 1.807) is 24.5 Å². The van der Waals surface area contributed by atoms with Crippen molar-refractivity contribution in [3.63, 3.8) is 0 Å². The molecule has 0 unspecified atom stereocenters. The Bertz CT molecular complexity index is 897. The van der Waals surface area contributed by atoms with Crippen LogP contribution in [0, 0.1) is 0 Å². The van der Waals surface area contributed by atoms with Gasteiger partial charge in [-0.3, -0.25) is 4.98 Å². The van der Waals surface area contributed by atoms with Gasteiger partial charge in [0.25, 0.3) is 0 Å². The summed E-state index contributed by atoms with van der Waals surface area (Å²) < 4.78 is 0. The molecule has 126 valence electrons. The van der Waals surface area contributed by atoms with Crippen molar-refractivity contribution in [1.82, 2.24) is 15.0 Å². The normalized spacial score (nSPS) is 13.5. The molecule has 1 aromatic carbocycles. The van der Waals surface area contributed by atoms with Crippen LogP contribution in [-0.2, 0) is 0 Å². The van der Waals surface area contributed by atoms with Gasteiger partial charge in [-0.25, -0.2) is 4.98 Å². The topological polar surface area (TPSA) is 62.7 Å². The van der Waals surface area contributed by atoms with Crippen LogP contribution in [0.5, 0.6) is 0 Å². The highest BCUT2D eigenvalue weighted by atomic mass is 35.5. The van der Waals surface area contributed by atoms with E-state index in [1.807, 2.05) is 24.3 Å². The molecule has 0 saturated heterocycles. The van der Waals surface area contributed by atoms with Gasteiger partial charge in [0.1, 0.15) is 5.82 Å². The van der Waals surface area contributed by atoms with Crippen LogP contribution in [-0.4, -0.2) is 21.0 Å². The van der Waals surface area contributed by atoms with Gasteiger partial charge in [-0.05, 0) is 43.2 Å². The molecule has 0 spiro atoms. The lowest BCUT2D eigenvalue weighted by Gasteiger charge is -2.11. The Balaban J connectivity index is 1.68. The van der Waals surface area contributed by atoms with Crippen molar-refractivity contribution in [2.45, 2.75) is 18.9 Å². The van der Waals surface area contributed by atoms with Gasteiger partial charge in [0.05, 0.1) is 15.7 Å². The first-order valence-corrected chi connectivity index (χ1v) is 8.71. The van der Waals surface area contributed by atoms with Crippen molar-refractivity contribution in [3.05, 3.63) is 58.8 Å². The summed E-state index contributed by atoms with van der Waals surface area (Å²) in [5, 5.41) is 7.62. The Labute approximate surface area is 155 Å². The fraction of sp³-hybridized carbons (Fsp3) is 0.167. The minimum absolute atomic E-state index is 0.463. The molecule has 7 heteroatoms. The number of nitrogens with zero attached hydrogens (tertiary/aromatic N) is 3. The third-order valence-electron chi connectivity index (χ3n) is 3.80. The van der Waals surface area contributed by atoms with Crippen LogP contribution < -0.4 is 10.6 Å². The lowest BCUT2D eigenvalue weighted by molar-refractivity contribution is 1.06. The molecule has 1 aliphatic rings. The lowest BCUT2D eigenvalue weighted by Crippen LogP contribution is -2.07. The van der Waals surface area contributed by atoms with Crippen LogP contribution in [0.4, 0.5) is 17.5 Å². The van der Waals surface area contributed by atoms with Gasteiger partial charge >= 0.3 is 0 Å². The van der Waals surface area contributed by atoms with Crippen molar-refractivity contribution in [3.8, 4) is 11.3 Å². The number of anilines is 3. The first-order chi connectivity index (χ1) is 12.2. The number of halogens is 2. The van der Waals surface area contributed by atoms with E-state index in [0.29, 0.717) is 27.9 Å². The molecule has 5 nitrogen and oxygen atoms in total. The highest BCUT2D eigenvalue weighted by Gasteiger charge is 2.22. The van der Waals surface area contributed by atoms with Crippen molar-refractivity contribution in [2.75, 3.05) is 10.6 Å². The molecule has 0 amide bonds. The van der Waals surface area contributed by atoms with Gasteiger partial charge < -0.3 is 10.6 Å². The molecule has 2 aromatic heterocycles. The van der Waals surface area contributed by atoms with Gasteiger partial charge in [0.2, 0.25) is 5.95 Å². The quantitative estimate of drug-likeness (QED) is 0.648. The Kier molecular flexibility index (Phi) is 4.42. The lowest BCUT2D eigenvalue weighted by atomic mass is 10.2. The summed E-state index contributed by atoms with van der Waals surface area (Å²) in [7, 11) is 0. The maximum absolute atomic E-state index is 6.09. The Hall–Kier alpha value is -2.37. The molecular weight excluding hydrogens is 357 g/mol. The van der Waals surface area contributed by atoms with E-state index in [4.69, 9.17) is 23.2 Å². The average molecular weight is 372 g/mol. The number of hydrogen-bond donors (Lipinski definition) is 2. The molecule has 0 radical (unpaired) electrons. The molecule has 1 aliphatic carbocycles. The van der Waals surface area contributed by atoms with E-state index >= 15 is 0 Å². The van der Waals surface area contributed by atoms with Gasteiger partial charge in [-0.15, -0.1) is 0 Å². The van der Waals surface area contributed by atoms with E-state index in [0.717, 1.165) is 29.8 Å². The van der Waals surface area contributed by atoms with E-state index < -0.39 is 0 Å². The minimum Gasteiger partial charge on any atom is -0.351 e. The van der Waals surface area contributed by atoms with Gasteiger partial charge in [-0.1, -0.05) is 23.2 Å². The van der Waals surface area contributed by atoms with Crippen molar-refractivity contribution in [1.29, 1.82) is 0 Å². The van der Waals surface area contributed by atoms with Gasteiger partial charge in [0, 0.05) is 35.8 Å². The SMILES string of the molecule is Clc1ccc(Nc2cc(-c3ccncc3)nc(NC3CC3)n2)cc1Cl. The van der Waals surface area contributed by atoms with Crippen molar-refractivity contribution in [2.24, 2.45) is 0 Å². The Morgan fingerprint density at radius 2 is 1.72 bits per heavy atom. The number of rotatable bonds is 5. The zero-order valence-corrected chi connectivity index (χ0v) is 14.7. The van der Waals surface area contributed by atoms with E-state index in [2.05, 4.69) is 25.6 Å². The van der Waals surface area contributed by atoms with Gasteiger partial charge in [-0.2, -0.15) is 4.98 Å². The first kappa shape index (κ1) is 16.1. The summed E-state index contributed by atoms with van der Waals surface area (Å²) in [5.74, 6) is 1.29. The first-order valence-electron chi connectivity index (χ1n) is 7.95. The number of benzene rings is 1. The number of aromatic nitrogens is 3. The highest BCUT2D eigenvalue weighted by Crippen LogP contribution is 2.29. The van der Waals surface area contributed by atoms with Crippen molar-refractivity contribution < 1.29 is 0 Å². The van der Waals surface area contributed by atoms with Crippen LogP contribution in [0.3, 0.4) is 0 Å². The second kappa shape index (κ2) is 6.86. The molecule has 4 rings (SSSR count). The highest BCUT2D eigenvalue weighted by molar-refractivity contribution is 6.42. The van der Waals surface area contributed by atoms with Crippen LogP contribution >= 0.6 is 23.2 Å². The largest absolute Gasteiger partial charge is 0.351 e. The molecule has 1 fully saturated rings. The molecule has 1 saturated carbocycles. The summed E-state index contributed by atoms with van der Waals surface area (Å²) in [5.41, 5.74) is 2.61. The maximum atomic E-state index is 6.09. The maximum Gasteiger partial charge on any atom is 0.225 e.